The smallest absolute Gasteiger partial charge is 0.308 e. The highest BCUT2D eigenvalue weighted by Crippen LogP contribution is 2.44. The van der Waals surface area contributed by atoms with Crippen molar-refractivity contribution in [2.45, 2.75) is 50.2 Å². The quantitative estimate of drug-likeness (QED) is 0.341. The minimum absolute atomic E-state index is 0.0558. The number of rotatable bonds is 8. The number of nitrogens with zero attached hydrogens (tertiary/aromatic N) is 2. The van der Waals surface area contributed by atoms with Gasteiger partial charge in [0.2, 0.25) is 0 Å². The lowest BCUT2D eigenvalue weighted by molar-refractivity contribution is -0.147. The van der Waals surface area contributed by atoms with Crippen molar-refractivity contribution >= 4 is 28.5 Å². The van der Waals surface area contributed by atoms with Crippen molar-refractivity contribution in [2.75, 3.05) is 20.2 Å². The number of carbonyl (C=O) groups is 1. The first-order valence-electron chi connectivity index (χ1n) is 13.0. The lowest BCUT2D eigenvalue weighted by Gasteiger charge is -2.47. The number of benzene rings is 2. The summed E-state index contributed by atoms with van der Waals surface area (Å²) in [5.74, 6) is -1.99. The van der Waals surface area contributed by atoms with Crippen molar-refractivity contribution in [1.29, 1.82) is 0 Å². The van der Waals surface area contributed by atoms with Gasteiger partial charge in [-0.15, -0.1) is 0 Å². The van der Waals surface area contributed by atoms with Crippen LogP contribution in [0.3, 0.4) is 0 Å². The SMILES string of the molecule is COc1ccc2nccc([C@@H](O)CC[C@@H]3CCN(C4CC(c5cc(F)c(Cl)cc5F)C4)C[C@@H]3C(=O)O)c2c1. The van der Waals surface area contributed by atoms with E-state index in [9.17, 15) is 23.8 Å². The first-order valence-corrected chi connectivity index (χ1v) is 13.3. The number of aromatic nitrogens is 1. The van der Waals surface area contributed by atoms with E-state index in [4.69, 9.17) is 16.3 Å². The topological polar surface area (TPSA) is 82.9 Å². The van der Waals surface area contributed by atoms with Crippen molar-refractivity contribution in [1.82, 2.24) is 9.88 Å². The Bertz CT molecular complexity index is 1330. The summed E-state index contributed by atoms with van der Waals surface area (Å²) in [5, 5.41) is 21.6. The van der Waals surface area contributed by atoms with Crippen molar-refractivity contribution in [3.05, 3.63) is 70.4 Å². The molecule has 1 saturated carbocycles. The largest absolute Gasteiger partial charge is 0.497 e. The van der Waals surface area contributed by atoms with Gasteiger partial charge in [0.25, 0.3) is 0 Å². The van der Waals surface area contributed by atoms with Crippen molar-refractivity contribution in [2.24, 2.45) is 11.8 Å². The van der Waals surface area contributed by atoms with Gasteiger partial charge >= 0.3 is 5.97 Å². The molecule has 2 heterocycles. The van der Waals surface area contributed by atoms with Gasteiger partial charge < -0.3 is 14.9 Å². The minimum atomic E-state index is -0.838. The van der Waals surface area contributed by atoms with Crippen LogP contribution in [0.25, 0.3) is 10.9 Å². The van der Waals surface area contributed by atoms with Crippen LogP contribution in [0.4, 0.5) is 8.78 Å². The van der Waals surface area contributed by atoms with E-state index in [0.717, 1.165) is 29.1 Å². The normalized spacial score (nSPS) is 24.7. The van der Waals surface area contributed by atoms with Crippen LogP contribution in [0.15, 0.2) is 42.6 Å². The fourth-order valence-corrected chi connectivity index (χ4v) is 6.22. The highest BCUT2D eigenvalue weighted by Gasteiger charge is 2.42. The van der Waals surface area contributed by atoms with E-state index >= 15 is 0 Å². The van der Waals surface area contributed by atoms with Crippen LogP contribution in [0.5, 0.6) is 5.75 Å². The number of carboxylic acids is 1. The lowest BCUT2D eigenvalue weighted by Crippen LogP contribution is -2.52. The molecule has 0 bridgehead atoms. The number of piperidine rings is 1. The fraction of sp³-hybridized carbons (Fsp3) is 0.448. The number of aliphatic hydroxyl groups is 1. The molecule has 2 fully saturated rings. The minimum Gasteiger partial charge on any atom is -0.497 e. The van der Waals surface area contributed by atoms with E-state index in [1.807, 2.05) is 18.2 Å². The average molecular weight is 545 g/mol. The number of ether oxygens (including phenoxy) is 1. The van der Waals surface area contributed by atoms with Gasteiger partial charge in [-0.05, 0) is 98.0 Å². The number of hydrogen-bond donors (Lipinski definition) is 2. The average Bonchev–Trinajstić information content (AvgIpc) is 2.88. The second kappa shape index (κ2) is 11.1. The van der Waals surface area contributed by atoms with Crippen molar-refractivity contribution < 1.29 is 28.5 Å². The van der Waals surface area contributed by atoms with Gasteiger partial charge in [-0.2, -0.15) is 0 Å². The Balaban J connectivity index is 1.20. The van der Waals surface area contributed by atoms with E-state index in [-0.39, 0.29) is 22.9 Å². The summed E-state index contributed by atoms with van der Waals surface area (Å²) < 4.78 is 33.5. The Morgan fingerprint density at radius 3 is 2.74 bits per heavy atom. The van der Waals surface area contributed by atoms with Crippen LogP contribution in [0, 0.1) is 23.5 Å². The summed E-state index contributed by atoms with van der Waals surface area (Å²) in [4.78, 5) is 18.7. The molecule has 0 unspecified atom stereocenters. The molecule has 0 spiro atoms. The Kier molecular flexibility index (Phi) is 7.84. The predicted octanol–water partition coefficient (Wildman–Crippen LogP) is 5.96. The molecule has 38 heavy (non-hydrogen) atoms. The lowest BCUT2D eigenvalue weighted by atomic mass is 9.73. The van der Waals surface area contributed by atoms with Gasteiger partial charge in [-0.3, -0.25) is 14.7 Å². The zero-order valence-corrected chi connectivity index (χ0v) is 21.9. The summed E-state index contributed by atoms with van der Waals surface area (Å²) in [6.45, 7) is 1.16. The number of methoxy groups -OCH3 is 1. The molecule has 1 saturated heterocycles. The van der Waals surface area contributed by atoms with Gasteiger partial charge in [-0.25, -0.2) is 8.78 Å². The van der Waals surface area contributed by atoms with E-state index in [2.05, 4.69) is 9.88 Å². The van der Waals surface area contributed by atoms with E-state index in [1.165, 1.54) is 6.07 Å². The number of aliphatic hydroxyl groups excluding tert-OH is 1. The van der Waals surface area contributed by atoms with E-state index in [1.54, 1.807) is 19.4 Å². The summed E-state index contributed by atoms with van der Waals surface area (Å²) in [5.41, 5.74) is 1.85. The monoisotopic (exact) mass is 544 g/mol. The number of aliphatic carboxylic acids is 1. The Hall–Kier alpha value is -2.81. The first kappa shape index (κ1) is 26.8. The summed E-state index contributed by atoms with van der Waals surface area (Å²) in [6, 6.07) is 9.67. The Morgan fingerprint density at radius 1 is 1.21 bits per heavy atom. The maximum absolute atomic E-state index is 14.3. The number of fused-ring (bicyclic) bond motifs is 1. The summed E-state index contributed by atoms with van der Waals surface area (Å²) in [7, 11) is 1.59. The molecule has 1 aliphatic carbocycles. The van der Waals surface area contributed by atoms with Crippen LogP contribution < -0.4 is 4.74 Å². The van der Waals surface area contributed by atoms with Crippen molar-refractivity contribution in [3.63, 3.8) is 0 Å². The molecule has 9 heteroatoms. The molecule has 202 valence electrons. The molecule has 2 aromatic carbocycles. The molecule has 1 aliphatic heterocycles. The molecule has 5 rings (SSSR count). The standard InChI is InChI=1S/C29H31ClF2N2O4/c1-38-19-3-4-27-22(12-19)20(6-8-33-27)28(35)5-2-16-7-9-34(15-23(16)29(36)37)18-10-17(11-18)21-13-26(32)24(30)14-25(21)31/h3-4,6,8,12-14,16-18,23,28,35H,2,5,7,9-11,15H2,1H3,(H,36,37)/t16-,17?,18?,23+,28+/m1/s1. The van der Waals surface area contributed by atoms with E-state index < -0.39 is 29.6 Å². The van der Waals surface area contributed by atoms with E-state index in [0.29, 0.717) is 50.0 Å². The highest BCUT2D eigenvalue weighted by molar-refractivity contribution is 6.30. The predicted molar refractivity (Wildman–Crippen MR) is 140 cm³/mol. The maximum atomic E-state index is 14.3. The Morgan fingerprint density at radius 2 is 2.00 bits per heavy atom. The number of halogens is 3. The van der Waals surface area contributed by atoms with Crippen LogP contribution in [-0.2, 0) is 4.79 Å². The number of carboxylic acid groups (broad SMARTS) is 1. The molecule has 0 radical (unpaired) electrons. The van der Waals surface area contributed by atoms with Gasteiger partial charge in [0.1, 0.15) is 17.4 Å². The zero-order chi connectivity index (χ0) is 27.0. The zero-order valence-electron chi connectivity index (χ0n) is 21.1. The van der Waals surface area contributed by atoms with Crippen molar-refractivity contribution in [3.8, 4) is 5.75 Å². The first-order chi connectivity index (χ1) is 18.2. The van der Waals surface area contributed by atoms with Crippen LogP contribution >= 0.6 is 11.6 Å². The second-order valence-electron chi connectivity index (χ2n) is 10.5. The highest BCUT2D eigenvalue weighted by atomic mass is 35.5. The number of pyridine rings is 1. The van der Waals surface area contributed by atoms with Gasteiger partial charge in [0, 0.05) is 24.2 Å². The summed E-state index contributed by atoms with van der Waals surface area (Å²) >= 11 is 5.68. The molecule has 1 aromatic heterocycles. The maximum Gasteiger partial charge on any atom is 0.308 e. The molecule has 2 aliphatic rings. The Labute approximate surface area is 225 Å². The fourth-order valence-electron chi connectivity index (χ4n) is 6.07. The van der Waals surface area contributed by atoms with Gasteiger partial charge in [-0.1, -0.05) is 11.6 Å². The summed E-state index contributed by atoms with van der Waals surface area (Å²) in [6.07, 6.45) is 3.97. The second-order valence-corrected chi connectivity index (χ2v) is 10.9. The van der Waals surface area contributed by atoms with Gasteiger partial charge in [0.15, 0.2) is 0 Å². The number of likely N-dealkylation sites (tertiary alicyclic amines) is 1. The molecule has 2 N–H and O–H groups in total. The molecule has 3 aromatic rings. The molecule has 3 atom stereocenters. The number of hydrogen-bond acceptors (Lipinski definition) is 5. The van der Waals surface area contributed by atoms with Crippen LogP contribution in [0.1, 0.15) is 55.3 Å². The van der Waals surface area contributed by atoms with Gasteiger partial charge in [0.05, 0.1) is 29.7 Å². The van der Waals surface area contributed by atoms with Crippen LogP contribution in [0.2, 0.25) is 5.02 Å². The molecular weight excluding hydrogens is 514 g/mol. The molecule has 6 nitrogen and oxygen atoms in total. The molecule has 0 amide bonds. The molecular formula is C29H31ClF2N2O4. The third-order valence-corrected chi connectivity index (χ3v) is 8.66. The van der Waals surface area contributed by atoms with Crippen LogP contribution in [-0.4, -0.2) is 52.3 Å². The third-order valence-electron chi connectivity index (χ3n) is 8.37. The third kappa shape index (κ3) is 5.35.